The van der Waals surface area contributed by atoms with Gasteiger partial charge in [-0.15, -0.1) is 0 Å². The van der Waals surface area contributed by atoms with Crippen molar-refractivity contribution >= 4 is 0 Å². The van der Waals surface area contributed by atoms with Crippen LogP contribution < -0.4 is 4.74 Å². The first-order valence-electron chi connectivity index (χ1n) is 5.97. The molecule has 1 N–H and O–H groups in total. The standard InChI is InChI=1S/C14H20O2/c1-4-16-11-7-5-10(6-8-11)12-9-13(12)14(2,3)15/h5-8,12-13,15H,4,9H2,1-3H3/t12-,13+/m0/s1. The van der Waals surface area contributed by atoms with Gasteiger partial charge in [0.1, 0.15) is 5.75 Å². The molecule has 88 valence electrons. The molecule has 0 heterocycles. The monoisotopic (exact) mass is 220 g/mol. The SMILES string of the molecule is CCOc1ccc([C@@H]2C[C@H]2C(C)(C)O)cc1. The molecule has 2 heteroatoms. The Balaban J connectivity index is 2.02. The molecule has 0 amide bonds. The fourth-order valence-electron chi connectivity index (χ4n) is 2.32. The van der Waals surface area contributed by atoms with Crippen LogP contribution in [0.1, 0.15) is 38.7 Å². The van der Waals surface area contributed by atoms with E-state index in [9.17, 15) is 5.11 Å². The van der Waals surface area contributed by atoms with Crippen LogP contribution in [0.5, 0.6) is 5.75 Å². The summed E-state index contributed by atoms with van der Waals surface area (Å²) >= 11 is 0. The zero-order chi connectivity index (χ0) is 11.8. The summed E-state index contributed by atoms with van der Waals surface area (Å²) in [6.07, 6.45) is 1.09. The Labute approximate surface area is 97.3 Å². The van der Waals surface area contributed by atoms with E-state index < -0.39 is 5.60 Å². The van der Waals surface area contributed by atoms with Crippen LogP contribution in [0.2, 0.25) is 0 Å². The lowest BCUT2D eigenvalue weighted by Gasteiger charge is -2.16. The highest BCUT2D eigenvalue weighted by Crippen LogP contribution is 2.53. The van der Waals surface area contributed by atoms with Gasteiger partial charge in [-0.3, -0.25) is 0 Å². The molecule has 1 saturated carbocycles. The van der Waals surface area contributed by atoms with Gasteiger partial charge in [-0.1, -0.05) is 12.1 Å². The van der Waals surface area contributed by atoms with E-state index in [0.29, 0.717) is 18.4 Å². The second kappa shape index (κ2) is 4.10. The fraction of sp³-hybridized carbons (Fsp3) is 0.571. The number of hydrogen-bond donors (Lipinski definition) is 1. The van der Waals surface area contributed by atoms with Crippen molar-refractivity contribution in [1.82, 2.24) is 0 Å². The molecule has 2 rings (SSSR count). The van der Waals surface area contributed by atoms with Crippen LogP contribution in [-0.4, -0.2) is 17.3 Å². The van der Waals surface area contributed by atoms with Crippen molar-refractivity contribution in [2.24, 2.45) is 5.92 Å². The lowest BCUT2D eigenvalue weighted by Crippen LogP contribution is -2.22. The van der Waals surface area contributed by atoms with Crippen molar-refractivity contribution < 1.29 is 9.84 Å². The van der Waals surface area contributed by atoms with Gasteiger partial charge in [-0.2, -0.15) is 0 Å². The predicted octanol–water partition coefficient (Wildman–Crippen LogP) is 2.96. The first-order valence-corrected chi connectivity index (χ1v) is 5.97. The molecule has 0 spiro atoms. The molecule has 2 nitrogen and oxygen atoms in total. The van der Waals surface area contributed by atoms with Crippen molar-refractivity contribution in [1.29, 1.82) is 0 Å². The van der Waals surface area contributed by atoms with Crippen molar-refractivity contribution in [2.75, 3.05) is 6.61 Å². The molecule has 0 aliphatic heterocycles. The molecule has 2 atom stereocenters. The van der Waals surface area contributed by atoms with Gasteiger partial charge in [-0.05, 0) is 56.7 Å². The molecule has 0 radical (unpaired) electrons. The topological polar surface area (TPSA) is 29.5 Å². The minimum Gasteiger partial charge on any atom is -0.494 e. The maximum Gasteiger partial charge on any atom is 0.119 e. The van der Waals surface area contributed by atoms with Crippen molar-refractivity contribution in [3.63, 3.8) is 0 Å². The summed E-state index contributed by atoms with van der Waals surface area (Å²) in [5.74, 6) is 1.85. The number of aliphatic hydroxyl groups is 1. The second-order valence-corrected chi connectivity index (χ2v) is 5.10. The average molecular weight is 220 g/mol. The van der Waals surface area contributed by atoms with Gasteiger partial charge in [0, 0.05) is 0 Å². The third-order valence-electron chi connectivity index (χ3n) is 3.32. The van der Waals surface area contributed by atoms with Crippen LogP contribution in [0.15, 0.2) is 24.3 Å². The Morgan fingerprint density at radius 1 is 1.31 bits per heavy atom. The van der Waals surface area contributed by atoms with Crippen molar-refractivity contribution in [2.45, 2.75) is 38.7 Å². The maximum absolute atomic E-state index is 9.90. The van der Waals surface area contributed by atoms with Gasteiger partial charge < -0.3 is 9.84 Å². The molecule has 1 aromatic rings. The lowest BCUT2D eigenvalue weighted by atomic mass is 9.99. The highest BCUT2D eigenvalue weighted by Gasteiger charge is 2.47. The summed E-state index contributed by atoms with van der Waals surface area (Å²) in [5.41, 5.74) is 0.763. The van der Waals surface area contributed by atoms with Gasteiger partial charge in [-0.25, -0.2) is 0 Å². The van der Waals surface area contributed by atoms with Gasteiger partial charge >= 0.3 is 0 Å². The number of hydrogen-bond acceptors (Lipinski definition) is 2. The molecule has 16 heavy (non-hydrogen) atoms. The highest BCUT2D eigenvalue weighted by atomic mass is 16.5. The van der Waals surface area contributed by atoms with E-state index in [-0.39, 0.29) is 0 Å². The Morgan fingerprint density at radius 3 is 2.38 bits per heavy atom. The van der Waals surface area contributed by atoms with Crippen LogP contribution in [0, 0.1) is 5.92 Å². The fourth-order valence-corrected chi connectivity index (χ4v) is 2.32. The number of ether oxygens (including phenoxy) is 1. The molecule has 0 aromatic heterocycles. The molecule has 0 unspecified atom stereocenters. The van der Waals surface area contributed by atoms with E-state index in [1.807, 2.05) is 32.9 Å². The van der Waals surface area contributed by atoms with Crippen molar-refractivity contribution in [3.05, 3.63) is 29.8 Å². The lowest BCUT2D eigenvalue weighted by molar-refractivity contribution is 0.0546. The molecule has 1 aromatic carbocycles. The minimum absolute atomic E-state index is 0.408. The van der Waals surface area contributed by atoms with E-state index in [1.165, 1.54) is 5.56 Å². The van der Waals surface area contributed by atoms with Gasteiger partial charge in [0.25, 0.3) is 0 Å². The minimum atomic E-state index is -0.552. The van der Waals surface area contributed by atoms with Crippen LogP contribution in [-0.2, 0) is 0 Å². The van der Waals surface area contributed by atoms with E-state index in [4.69, 9.17) is 4.74 Å². The first kappa shape index (κ1) is 11.5. The molecule has 0 bridgehead atoms. The quantitative estimate of drug-likeness (QED) is 0.845. The van der Waals surface area contributed by atoms with Crippen LogP contribution in [0.3, 0.4) is 0 Å². The second-order valence-electron chi connectivity index (χ2n) is 5.10. The first-order chi connectivity index (χ1) is 7.52. The zero-order valence-electron chi connectivity index (χ0n) is 10.2. The third kappa shape index (κ3) is 2.38. The van der Waals surface area contributed by atoms with E-state index in [1.54, 1.807) is 0 Å². The molecule has 1 fully saturated rings. The largest absolute Gasteiger partial charge is 0.494 e. The van der Waals surface area contributed by atoms with E-state index >= 15 is 0 Å². The van der Waals surface area contributed by atoms with Crippen LogP contribution >= 0.6 is 0 Å². The van der Waals surface area contributed by atoms with Crippen LogP contribution in [0.4, 0.5) is 0 Å². The molecule has 0 saturated heterocycles. The summed E-state index contributed by atoms with van der Waals surface area (Å²) in [6.45, 7) is 6.48. The number of rotatable bonds is 4. The summed E-state index contributed by atoms with van der Waals surface area (Å²) < 4.78 is 5.41. The molecular weight excluding hydrogens is 200 g/mol. The van der Waals surface area contributed by atoms with Crippen molar-refractivity contribution in [3.8, 4) is 5.75 Å². The van der Waals surface area contributed by atoms with Gasteiger partial charge in [0.15, 0.2) is 0 Å². The Morgan fingerprint density at radius 2 is 1.94 bits per heavy atom. The molecule has 1 aliphatic carbocycles. The normalized spacial score (nSPS) is 24.2. The highest BCUT2D eigenvalue weighted by molar-refractivity contribution is 5.33. The summed E-state index contributed by atoms with van der Waals surface area (Å²) in [6, 6.07) is 8.25. The smallest absolute Gasteiger partial charge is 0.119 e. The Bertz CT molecular complexity index is 348. The summed E-state index contributed by atoms with van der Waals surface area (Å²) in [5, 5.41) is 9.90. The Kier molecular flexibility index (Phi) is 2.94. The maximum atomic E-state index is 9.90. The van der Waals surface area contributed by atoms with E-state index in [2.05, 4.69) is 12.1 Å². The third-order valence-corrected chi connectivity index (χ3v) is 3.32. The Hall–Kier alpha value is -1.02. The van der Waals surface area contributed by atoms with Gasteiger partial charge in [0.2, 0.25) is 0 Å². The number of benzene rings is 1. The zero-order valence-corrected chi connectivity index (χ0v) is 10.2. The molecular formula is C14H20O2. The van der Waals surface area contributed by atoms with Crippen LogP contribution in [0.25, 0.3) is 0 Å². The van der Waals surface area contributed by atoms with E-state index in [0.717, 1.165) is 12.2 Å². The molecule has 1 aliphatic rings. The average Bonchev–Trinajstić information content (AvgIpc) is 2.98. The summed E-state index contributed by atoms with van der Waals surface area (Å²) in [7, 11) is 0. The van der Waals surface area contributed by atoms with Gasteiger partial charge in [0.05, 0.1) is 12.2 Å². The predicted molar refractivity (Wildman–Crippen MR) is 64.8 cm³/mol. The summed E-state index contributed by atoms with van der Waals surface area (Å²) in [4.78, 5) is 0.